The van der Waals surface area contributed by atoms with Gasteiger partial charge in [-0.2, -0.15) is 0 Å². The van der Waals surface area contributed by atoms with Gasteiger partial charge in [-0.25, -0.2) is 0 Å². The smallest absolute Gasteiger partial charge is 0.239 e. The maximum absolute atomic E-state index is 12.4. The van der Waals surface area contributed by atoms with Gasteiger partial charge in [0, 0.05) is 17.6 Å². The molecular weight excluding hydrogens is 322 g/mol. The Kier molecular flexibility index (Phi) is 5.14. The van der Waals surface area contributed by atoms with Gasteiger partial charge in [-0.3, -0.25) is 9.59 Å². The molecule has 0 spiro atoms. The SMILES string of the molecule is NCCCNC(=O)C1CCN(c2ccccc2Br)C1=O. The Bertz CT molecular complexity index is 507. The molecule has 1 aromatic rings. The topological polar surface area (TPSA) is 75.4 Å². The Morgan fingerprint density at radius 3 is 2.90 bits per heavy atom. The van der Waals surface area contributed by atoms with Gasteiger partial charge in [0.05, 0.1) is 5.69 Å². The predicted molar refractivity (Wildman–Crippen MR) is 81.3 cm³/mol. The van der Waals surface area contributed by atoms with Gasteiger partial charge in [0.15, 0.2) is 0 Å². The number of hydrogen-bond acceptors (Lipinski definition) is 3. The third kappa shape index (κ3) is 3.19. The van der Waals surface area contributed by atoms with Crippen molar-refractivity contribution >= 4 is 33.4 Å². The third-order valence-electron chi connectivity index (χ3n) is 3.35. The van der Waals surface area contributed by atoms with E-state index in [9.17, 15) is 9.59 Å². The van der Waals surface area contributed by atoms with Crippen molar-refractivity contribution in [2.45, 2.75) is 12.8 Å². The van der Waals surface area contributed by atoms with Gasteiger partial charge in [-0.15, -0.1) is 0 Å². The van der Waals surface area contributed by atoms with E-state index in [1.165, 1.54) is 0 Å². The summed E-state index contributed by atoms with van der Waals surface area (Å²) >= 11 is 3.43. The van der Waals surface area contributed by atoms with Crippen molar-refractivity contribution in [1.29, 1.82) is 0 Å². The highest BCUT2D eigenvalue weighted by Gasteiger charge is 2.37. The Morgan fingerprint density at radius 2 is 2.20 bits per heavy atom. The van der Waals surface area contributed by atoms with Crippen molar-refractivity contribution in [3.8, 4) is 0 Å². The molecule has 1 aliphatic heterocycles. The molecule has 0 aliphatic carbocycles. The summed E-state index contributed by atoms with van der Waals surface area (Å²) in [6, 6.07) is 7.53. The van der Waals surface area contributed by atoms with E-state index in [0.29, 0.717) is 26.1 Å². The lowest BCUT2D eigenvalue weighted by Crippen LogP contribution is -2.37. The average Bonchev–Trinajstić information content (AvgIpc) is 2.81. The summed E-state index contributed by atoms with van der Waals surface area (Å²) in [6.45, 7) is 1.62. The first-order valence-corrected chi connectivity index (χ1v) is 7.48. The zero-order valence-electron chi connectivity index (χ0n) is 11.1. The van der Waals surface area contributed by atoms with E-state index < -0.39 is 5.92 Å². The zero-order valence-corrected chi connectivity index (χ0v) is 12.7. The van der Waals surface area contributed by atoms with Crippen molar-refractivity contribution in [2.24, 2.45) is 11.7 Å². The molecule has 1 aromatic carbocycles. The van der Waals surface area contributed by atoms with Crippen molar-refractivity contribution in [1.82, 2.24) is 5.32 Å². The van der Waals surface area contributed by atoms with E-state index >= 15 is 0 Å². The highest BCUT2D eigenvalue weighted by Crippen LogP contribution is 2.31. The van der Waals surface area contributed by atoms with Crippen LogP contribution in [0.1, 0.15) is 12.8 Å². The summed E-state index contributed by atoms with van der Waals surface area (Å²) < 4.78 is 0.859. The molecule has 2 amide bonds. The fourth-order valence-corrected chi connectivity index (χ4v) is 2.77. The molecular formula is C14H18BrN3O2. The van der Waals surface area contributed by atoms with E-state index in [1.54, 1.807) is 4.90 Å². The van der Waals surface area contributed by atoms with Crippen LogP contribution in [0.2, 0.25) is 0 Å². The monoisotopic (exact) mass is 339 g/mol. The molecule has 1 atom stereocenters. The average molecular weight is 340 g/mol. The second-order valence-corrected chi connectivity index (χ2v) is 5.57. The van der Waals surface area contributed by atoms with Crippen LogP contribution in [0, 0.1) is 5.92 Å². The summed E-state index contributed by atoms with van der Waals surface area (Å²) in [5.74, 6) is -0.917. The second kappa shape index (κ2) is 6.85. The molecule has 0 radical (unpaired) electrons. The molecule has 0 bridgehead atoms. The highest BCUT2D eigenvalue weighted by atomic mass is 79.9. The van der Waals surface area contributed by atoms with Crippen LogP contribution >= 0.6 is 15.9 Å². The van der Waals surface area contributed by atoms with Crippen LogP contribution in [-0.2, 0) is 9.59 Å². The fourth-order valence-electron chi connectivity index (χ4n) is 2.27. The summed E-state index contributed by atoms with van der Waals surface area (Å²) in [7, 11) is 0. The first-order valence-electron chi connectivity index (χ1n) is 6.69. The van der Waals surface area contributed by atoms with Gasteiger partial charge in [-0.05, 0) is 47.4 Å². The summed E-state index contributed by atoms with van der Waals surface area (Å²) in [5.41, 5.74) is 6.19. The van der Waals surface area contributed by atoms with Gasteiger partial charge in [0.1, 0.15) is 5.92 Å². The van der Waals surface area contributed by atoms with E-state index in [-0.39, 0.29) is 11.8 Å². The molecule has 1 heterocycles. The number of carbonyl (C=O) groups is 2. The number of halogens is 1. The van der Waals surface area contributed by atoms with Crippen LogP contribution in [0.3, 0.4) is 0 Å². The van der Waals surface area contributed by atoms with Crippen molar-refractivity contribution < 1.29 is 9.59 Å². The van der Waals surface area contributed by atoms with E-state index in [1.807, 2.05) is 24.3 Å². The first kappa shape index (κ1) is 15.0. The number of rotatable bonds is 5. The van der Waals surface area contributed by atoms with Gasteiger partial charge in [-0.1, -0.05) is 12.1 Å². The minimum Gasteiger partial charge on any atom is -0.355 e. The zero-order chi connectivity index (χ0) is 14.5. The third-order valence-corrected chi connectivity index (χ3v) is 4.02. The minimum absolute atomic E-state index is 0.137. The normalized spacial score (nSPS) is 18.4. The predicted octanol–water partition coefficient (Wildman–Crippen LogP) is 1.27. The van der Waals surface area contributed by atoms with Crippen molar-refractivity contribution in [2.75, 3.05) is 24.5 Å². The van der Waals surface area contributed by atoms with Crippen LogP contribution in [0.25, 0.3) is 0 Å². The van der Waals surface area contributed by atoms with Crippen LogP contribution < -0.4 is 16.0 Å². The highest BCUT2D eigenvalue weighted by molar-refractivity contribution is 9.10. The summed E-state index contributed by atoms with van der Waals surface area (Å²) in [5, 5.41) is 2.76. The van der Waals surface area contributed by atoms with E-state index in [4.69, 9.17) is 5.73 Å². The molecule has 20 heavy (non-hydrogen) atoms. The number of nitrogens with zero attached hydrogens (tertiary/aromatic N) is 1. The molecule has 1 aliphatic rings. The number of amides is 2. The van der Waals surface area contributed by atoms with Crippen molar-refractivity contribution in [3.63, 3.8) is 0 Å². The van der Waals surface area contributed by atoms with Gasteiger partial charge < -0.3 is 16.0 Å². The van der Waals surface area contributed by atoms with E-state index in [0.717, 1.165) is 16.6 Å². The van der Waals surface area contributed by atoms with Crippen LogP contribution in [-0.4, -0.2) is 31.4 Å². The number of benzene rings is 1. The number of hydrogen-bond donors (Lipinski definition) is 2. The van der Waals surface area contributed by atoms with E-state index in [2.05, 4.69) is 21.2 Å². The second-order valence-electron chi connectivity index (χ2n) is 4.72. The van der Waals surface area contributed by atoms with Crippen LogP contribution in [0.15, 0.2) is 28.7 Å². The maximum atomic E-state index is 12.4. The molecule has 1 unspecified atom stereocenters. The van der Waals surface area contributed by atoms with Crippen LogP contribution in [0.5, 0.6) is 0 Å². The van der Waals surface area contributed by atoms with Gasteiger partial charge in [0.2, 0.25) is 11.8 Å². The minimum atomic E-state index is -0.583. The lowest BCUT2D eigenvalue weighted by atomic mass is 10.1. The van der Waals surface area contributed by atoms with Gasteiger partial charge >= 0.3 is 0 Å². The number of anilines is 1. The molecule has 2 rings (SSSR count). The Hall–Kier alpha value is -1.40. The van der Waals surface area contributed by atoms with Gasteiger partial charge in [0.25, 0.3) is 0 Å². The molecule has 1 fully saturated rings. The van der Waals surface area contributed by atoms with Crippen molar-refractivity contribution in [3.05, 3.63) is 28.7 Å². The summed E-state index contributed by atoms with van der Waals surface area (Å²) in [4.78, 5) is 26.0. The molecule has 6 heteroatoms. The Balaban J connectivity index is 2.02. The summed E-state index contributed by atoms with van der Waals surface area (Å²) in [6.07, 6.45) is 1.27. The molecule has 5 nitrogen and oxygen atoms in total. The Labute approximate surface area is 126 Å². The number of carbonyl (C=O) groups excluding carboxylic acids is 2. The number of para-hydroxylation sites is 1. The fraction of sp³-hybridized carbons (Fsp3) is 0.429. The lowest BCUT2D eigenvalue weighted by molar-refractivity contribution is -0.132. The molecule has 1 saturated heterocycles. The number of nitrogens with one attached hydrogen (secondary N) is 1. The molecule has 0 aromatic heterocycles. The lowest BCUT2D eigenvalue weighted by Gasteiger charge is -2.18. The standard InChI is InChI=1S/C14H18BrN3O2/c15-11-4-1-2-5-12(11)18-9-6-10(14(18)20)13(19)17-8-3-7-16/h1-2,4-5,10H,3,6-9,16H2,(H,17,19). The largest absolute Gasteiger partial charge is 0.355 e. The molecule has 108 valence electrons. The first-order chi connectivity index (χ1) is 9.65. The Morgan fingerprint density at radius 1 is 1.45 bits per heavy atom. The number of nitrogens with two attached hydrogens (primary N) is 1. The molecule has 3 N–H and O–H groups in total. The quantitative estimate of drug-likeness (QED) is 0.626. The maximum Gasteiger partial charge on any atom is 0.239 e. The molecule has 0 saturated carbocycles. The van der Waals surface area contributed by atoms with Crippen LogP contribution in [0.4, 0.5) is 5.69 Å².